The van der Waals surface area contributed by atoms with Crippen LogP contribution in [0.4, 0.5) is 0 Å². The fourth-order valence-corrected chi connectivity index (χ4v) is 94.4. The summed E-state index contributed by atoms with van der Waals surface area (Å²) in [6.07, 6.45) is 28.6. The van der Waals surface area contributed by atoms with E-state index in [4.69, 9.17) is 33.2 Å². The average Bonchev–Trinajstić information content (AvgIpc) is 2.77. The van der Waals surface area contributed by atoms with Gasteiger partial charge in [0.25, 0.3) is 0 Å². The first kappa shape index (κ1) is 42.4. The normalized spacial score (nSPS) is 14.5. The molecule has 0 aliphatic carbocycles. The zero-order valence-electron chi connectivity index (χ0n) is 26.8. The van der Waals surface area contributed by atoms with Gasteiger partial charge in [0.05, 0.1) is 0 Å². The van der Waals surface area contributed by atoms with Crippen molar-refractivity contribution >= 4 is 73.4 Å². The van der Waals surface area contributed by atoms with Crippen LogP contribution < -0.4 is 0 Å². The quantitative estimate of drug-likeness (QED) is 0.0389. The third kappa shape index (κ3) is 16.8. The van der Waals surface area contributed by atoms with Gasteiger partial charge in [-0.3, -0.25) is 0 Å². The van der Waals surface area contributed by atoms with Crippen LogP contribution in [0.15, 0.2) is 0 Å². The fraction of sp³-hybridized carbons (Fsp3) is 1.00. The van der Waals surface area contributed by atoms with E-state index in [1.165, 1.54) is 135 Å². The SMILES string of the molecule is CCCCCCCCC(CCCCCCCC)(CCCCCCCC)[Si](C)(Cl)P([Si](C)(C)Cl)[Si](C)(C)Cl.Cl. The lowest BCUT2D eigenvalue weighted by Gasteiger charge is -2.54. The van der Waals surface area contributed by atoms with E-state index in [-0.39, 0.29) is 12.4 Å². The highest BCUT2D eigenvalue weighted by molar-refractivity contribution is 8.46. The molecule has 0 aromatic heterocycles. The third-order valence-electron chi connectivity index (χ3n) is 8.48. The first-order valence-corrected chi connectivity index (χ1v) is 31.6. The number of hydrogen-bond acceptors (Lipinski definition) is 0. The van der Waals surface area contributed by atoms with Gasteiger partial charge in [-0.05, 0) is 24.3 Å². The van der Waals surface area contributed by atoms with E-state index in [0.717, 1.165) is 0 Å². The standard InChI is InChI=1S/C30H66Cl3PSi3.ClH/c1-9-12-15-18-21-24-27-30(28-25-22-19-16-13-10-2,29-26-23-20-17-14-11-3)37(8,33)34(35(4,5)31)36(6,7)32;/h9-29H2,1-8H3;1H. The second kappa shape index (κ2) is 22.7. The van der Waals surface area contributed by atoms with Crippen molar-refractivity contribution in [2.24, 2.45) is 0 Å². The van der Waals surface area contributed by atoms with Crippen LogP contribution in [0.3, 0.4) is 0 Å². The van der Waals surface area contributed by atoms with Gasteiger partial charge in [-0.25, -0.2) is 0 Å². The number of halogens is 4. The zero-order chi connectivity index (χ0) is 28.4. The first-order chi connectivity index (χ1) is 17.3. The fourth-order valence-electron chi connectivity index (χ4n) is 6.66. The Morgan fingerprint density at radius 2 is 0.684 bits per heavy atom. The predicted molar refractivity (Wildman–Crippen MR) is 195 cm³/mol. The summed E-state index contributed by atoms with van der Waals surface area (Å²) in [7, 11) is -6.14. The van der Waals surface area contributed by atoms with E-state index in [1.807, 2.05) is 0 Å². The van der Waals surface area contributed by atoms with Crippen LogP contribution in [0.25, 0.3) is 0 Å². The topological polar surface area (TPSA) is 0 Å². The van der Waals surface area contributed by atoms with Crippen molar-refractivity contribution in [3.05, 3.63) is 0 Å². The first-order valence-electron chi connectivity index (χ1n) is 16.2. The Balaban J connectivity index is 0. The van der Waals surface area contributed by atoms with Crippen LogP contribution >= 0.6 is 52.2 Å². The molecule has 38 heavy (non-hydrogen) atoms. The molecule has 0 heterocycles. The Kier molecular flexibility index (Phi) is 25.4. The molecule has 0 radical (unpaired) electrons. The van der Waals surface area contributed by atoms with Crippen molar-refractivity contribution in [1.82, 2.24) is 0 Å². The van der Waals surface area contributed by atoms with Crippen LogP contribution in [0, 0.1) is 0 Å². The van der Waals surface area contributed by atoms with Gasteiger partial charge >= 0.3 is 0 Å². The Labute approximate surface area is 265 Å². The van der Waals surface area contributed by atoms with Gasteiger partial charge in [0, 0.05) is 0 Å². The predicted octanol–water partition coefficient (Wildman–Crippen LogP) is 15.1. The van der Waals surface area contributed by atoms with Gasteiger partial charge in [0.2, 0.25) is 0 Å². The van der Waals surface area contributed by atoms with Crippen LogP contribution in [-0.4, -0.2) is 21.2 Å². The van der Waals surface area contributed by atoms with E-state index >= 15 is 0 Å². The summed E-state index contributed by atoms with van der Waals surface area (Å²) in [5, 5.41) is 0.304. The van der Waals surface area contributed by atoms with Crippen molar-refractivity contribution < 1.29 is 0 Å². The van der Waals surface area contributed by atoms with E-state index in [0.29, 0.717) is 5.04 Å². The lowest BCUT2D eigenvalue weighted by Crippen LogP contribution is -2.49. The van der Waals surface area contributed by atoms with Gasteiger partial charge in [0.15, 0.2) is 21.2 Å². The molecule has 8 heteroatoms. The van der Waals surface area contributed by atoms with Crippen molar-refractivity contribution in [2.75, 3.05) is 0 Å². The molecule has 0 aromatic rings. The molecular formula is C30H67Cl4PSi3. The van der Waals surface area contributed by atoms with Gasteiger partial charge in [-0.1, -0.05) is 176 Å². The summed E-state index contributed by atoms with van der Waals surface area (Å²) in [5.41, 5.74) is 0. The zero-order valence-corrected chi connectivity index (χ0v) is 33.8. The van der Waals surface area contributed by atoms with Gasteiger partial charge < -0.3 is 0 Å². The van der Waals surface area contributed by atoms with Gasteiger partial charge in [0.1, 0.15) is 0 Å². The molecular weight excluding hydrogens is 617 g/mol. The Morgan fingerprint density at radius 3 is 0.921 bits per heavy atom. The Morgan fingerprint density at radius 1 is 0.447 bits per heavy atom. The number of unbranched alkanes of at least 4 members (excludes halogenated alkanes) is 15. The van der Waals surface area contributed by atoms with Crippen molar-refractivity contribution in [3.63, 3.8) is 0 Å². The smallest absolute Gasteiger partial charge is 0.162 e. The minimum atomic E-state index is -2.21. The molecule has 0 N–H and O–H groups in total. The summed E-state index contributed by atoms with van der Waals surface area (Å²) < 4.78 is 0. The summed E-state index contributed by atoms with van der Waals surface area (Å²) >= 11 is 22.9. The molecule has 1 unspecified atom stereocenters. The molecule has 0 aliphatic rings. The molecule has 0 rings (SSSR count). The molecule has 0 aromatic carbocycles. The highest BCUT2D eigenvalue weighted by Crippen LogP contribution is 2.74. The maximum Gasteiger partial charge on any atom is 0.179 e. The molecule has 0 spiro atoms. The third-order valence-corrected chi connectivity index (χ3v) is 66.0. The van der Waals surface area contributed by atoms with Crippen molar-refractivity contribution in [1.29, 1.82) is 0 Å². The van der Waals surface area contributed by atoms with E-state index in [2.05, 4.69) is 53.5 Å². The van der Waals surface area contributed by atoms with Gasteiger partial charge in [-0.15, -0.1) is 12.4 Å². The van der Waals surface area contributed by atoms with Crippen LogP contribution in [-0.2, 0) is 0 Å². The molecule has 0 bridgehead atoms. The van der Waals surface area contributed by atoms with Crippen LogP contribution in [0.1, 0.15) is 156 Å². The lowest BCUT2D eigenvalue weighted by atomic mass is 9.88. The monoisotopic (exact) mass is 682 g/mol. The number of hydrogen-bond donors (Lipinski definition) is 0. The molecule has 232 valence electrons. The van der Waals surface area contributed by atoms with Crippen molar-refractivity contribution in [3.8, 4) is 0 Å². The lowest BCUT2D eigenvalue weighted by molar-refractivity contribution is 0.377. The summed E-state index contributed by atoms with van der Waals surface area (Å²) in [6.45, 7) is 18.5. The highest BCUT2D eigenvalue weighted by Gasteiger charge is 2.61. The summed E-state index contributed by atoms with van der Waals surface area (Å²) in [5.74, 6) is 0. The maximum atomic E-state index is 8.15. The molecule has 0 saturated carbocycles. The van der Waals surface area contributed by atoms with Gasteiger partial charge in [-0.2, -0.15) is 33.2 Å². The molecule has 0 aliphatic heterocycles. The number of rotatable bonds is 25. The molecule has 0 fully saturated rings. The van der Waals surface area contributed by atoms with E-state index < -0.39 is 27.7 Å². The highest BCUT2D eigenvalue weighted by atomic mass is 35.6. The van der Waals surface area contributed by atoms with Crippen LogP contribution in [0.5, 0.6) is 0 Å². The average molecular weight is 685 g/mol. The summed E-state index contributed by atoms with van der Waals surface area (Å²) in [4.78, 5) is 0. The maximum absolute atomic E-state index is 8.15. The molecule has 0 amide bonds. The van der Waals surface area contributed by atoms with E-state index in [1.54, 1.807) is 0 Å². The second-order valence-electron chi connectivity index (χ2n) is 12.9. The second-order valence-corrected chi connectivity index (χ2v) is 50.0. The molecule has 0 nitrogen and oxygen atoms in total. The van der Waals surface area contributed by atoms with Crippen LogP contribution in [0.2, 0.25) is 37.8 Å². The minimum absolute atomic E-state index is 0. The van der Waals surface area contributed by atoms with E-state index in [9.17, 15) is 0 Å². The largest absolute Gasteiger partial charge is 0.179 e. The Hall–Kier alpha value is 2.24. The Bertz CT molecular complexity index is 496. The summed E-state index contributed by atoms with van der Waals surface area (Å²) in [6, 6.07) is 0. The van der Waals surface area contributed by atoms with Crippen molar-refractivity contribution in [2.45, 2.75) is 193 Å². The minimum Gasteiger partial charge on any atom is -0.162 e. The molecule has 1 atom stereocenters. The molecule has 0 saturated heterocycles.